The van der Waals surface area contributed by atoms with Gasteiger partial charge in [0.25, 0.3) is 0 Å². The Hall–Kier alpha value is -1.36. The van der Waals surface area contributed by atoms with Gasteiger partial charge >= 0.3 is 5.97 Å². The molecule has 0 amide bonds. The molecule has 0 unspecified atom stereocenters. The van der Waals surface area contributed by atoms with Crippen molar-refractivity contribution in [2.45, 2.75) is 52.1 Å². The fraction of sp³-hybridized carbons (Fsp3) is 0.588. The number of carbonyl (C=O) groups excluding carboxylic acids is 1. The molecule has 0 heterocycles. The van der Waals surface area contributed by atoms with Gasteiger partial charge in [0.1, 0.15) is 12.4 Å². The maximum Gasteiger partial charge on any atom is 0.321 e. The van der Waals surface area contributed by atoms with Crippen molar-refractivity contribution in [2.75, 3.05) is 11.5 Å². The summed E-state index contributed by atoms with van der Waals surface area (Å²) in [4.78, 5) is 11.6. The van der Waals surface area contributed by atoms with Crippen molar-refractivity contribution in [3.8, 4) is 0 Å². The molecule has 5 heteroatoms. The average molecular weight is 326 g/mol. The molecule has 1 aromatic rings. The van der Waals surface area contributed by atoms with Gasteiger partial charge < -0.3 is 4.74 Å². The largest absolute Gasteiger partial charge is 0.460 e. The Kier molecular flexibility index (Phi) is 8.82. The minimum atomic E-state index is -3.35. The third-order valence-electron chi connectivity index (χ3n) is 3.39. The summed E-state index contributed by atoms with van der Waals surface area (Å²) in [5.74, 6) is -1.12. The fourth-order valence-corrected chi connectivity index (χ4v) is 3.36. The van der Waals surface area contributed by atoms with Gasteiger partial charge in [0, 0.05) is 0 Å². The average Bonchev–Trinajstić information content (AvgIpc) is 2.49. The van der Waals surface area contributed by atoms with Crippen LogP contribution in [0, 0.1) is 0 Å². The van der Waals surface area contributed by atoms with E-state index in [9.17, 15) is 13.2 Å². The normalized spacial score (nSPS) is 11.3. The first-order valence-electron chi connectivity index (χ1n) is 7.93. The smallest absolute Gasteiger partial charge is 0.321 e. The highest BCUT2D eigenvalue weighted by Gasteiger charge is 2.17. The Morgan fingerprint density at radius 1 is 1.00 bits per heavy atom. The van der Waals surface area contributed by atoms with Crippen molar-refractivity contribution in [1.82, 2.24) is 0 Å². The molecule has 22 heavy (non-hydrogen) atoms. The van der Waals surface area contributed by atoms with Gasteiger partial charge in [-0.1, -0.05) is 69.4 Å². The molecule has 0 aliphatic heterocycles. The molecule has 1 aromatic carbocycles. The lowest BCUT2D eigenvalue weighted by atomic mass is 10.1. The highest BCUT2D eigenvalue weighted by atomic mass is 32.2. The molecular weight excluding hydrogens is 300 g/mol. The van der Waals surface area contributed by atoms with Gasteiger partial charge in [0.05, 0.1) is 5.75 Å². The number of carbonyl (C=O) groups is 1. The molecule has 0 aliphatic rings. The van der Waals surface area contributed by atoms with Crippen LogP contribution in [0.15, 0.2) is 30.3 Å². The van der Waals surface area contributed by atoms with Gasteiger partial charge in [-0.3, -0.25) is 4.79 Å². The SMILES string of the molecule is CCCCCCCCS(=O)(=O)CC(=O)OCc1ccccc1. The predicted octanol–water partition coefficient (Wildman–Crippen LogP) is 3.51. The third kappa shape index (κ3) is 8.82. The summed E-state index contributed by atoms with van der Waals surface area (Å²) in [6.45, 7) is 2.26. The zero-order valence-electron chi connectivity index (χ0n) is 13.3. The molecule has 0 N–H and O–H groups in total. The van der Waals surface area contributed by atoms with Gasteiger partial charge in [-0.05, 0) is 12.0 Å². The number of rotatable bonds is 11. The molecule has 0 saturated heterocycles. The number of hydrogen-bond acceptors (Lipinski definition) is 4. The van der Waals surface area contributed by atoms with Crippen molar-refractivity contribution >= 4 is 15.8 Å². The van der Waals surface area contributed by atoms with E-state index in [1.54, 1.807) is 0 Å². The Bertz CT molecular complexity index is 523. The van der Waals surface area contributed by atoms with Gasteiger partial charge in [-0.25, -0.2) is 8.42 Å². The first-order valence-corrected chi connectivity index (χ1v) is 9.75. The maximum atomic E-state index is 11.8. The second-order valence-electron chi connectivity index (χ2n) is 5.51. The van der Waals surface area contributed by atoms with E-state index in [0.717, 1.165) is 24.8 Å². The fourth-order valence-electron chi connectivity index (χ4n) is 2.13. The van der Waals surface area contributed by atoms with Crippen LogP contribution >= 0.6 is 0 Å². The van der Waals surface area contributed by atoms with Crippen LogP contribution < -0.4 is 0 Å². The summed E-state index contributed by atoms with van der Waals surface area (Å²) in [6.07, 6.45) is 6.10. The van der Waals surface area contributed by atoms with Crippen LogP contribution in [0.1, 0.15) is 51.0 Å². The Balaban J connectivity index is 2.21. The molecule has 0 aliphatic carbocycles. The van der Waals surface area contributed by atoms with Crippen molar-refractivity contribution in [3.05, 3.63) is 35.9 Å². The van der Waals surface area contributed by atoms with E-state index in [1.807, 2.05) is 30.3 Å². The predicted molar refractivity (Wildman–Crippen MR) is 88.3 cm³/mol. The molecule has 0 saturated carbocycles. The van der Waals surface area contributed by atoms with Crippen LogP contribution in [0.5, 0.6) is 0 Å². The highest BCUT2D eigenvalue weighted by Crippen LogP contribution is 2.07. The first-order chi connectivity index (χ1) is 10.5. The topological polar surface area (TPSA) is 60.4 Å². The lowest BCUT2D eigenvalue weighted by Crippen LogP contribution is -2.21. The number of benzene rings is 1. The summed E-state index contributed by atoms with van der Waals surface area (Å²) in [5.41, 5.74) is 0.851. The summed E-state index contributed by atoms with van der Waals surface area (Å²) < 4.78 is 28.7. The lowest BCUT2D eigenvalue weighted by molar-refractivity contribution is -0.141. The highest BCUT2D eigenvalue weighted by molar-refractivity contribution is 7.92. The number of esters is 1. The van der Waals surface area contributed by atoms with Crippen LogP contribution in [0.25, 0.3) is 0 Å². The van der Waals surface area contributed by atoms with E-state index in [-0.39, 0.29) is 12.4 Å². The van der Waals surface area contributed by atoms with Crippen LogP contribution in [-0.4, -0.2) is 25.9 Å². The summed E-state index contributed by atoms with van der Waals surface area (Å²) in [6, 6.07) is 9.23. The third-order valence-corrected chi connectivity index (χ3v) is 4.98. The molecule has 0 radical (unpaired) electrons. The van der Waals surface area contributed by atoms with E-state index in [4.69, 9.17) is 4.74 Å². The number of ether oxygens (including phenoxy) is 1. The standard InChI is InChI=1S/C17H26O4S/c1-2-3-4-5-6-10-13-22(19,20)15-17(18)21-14-16-11-8-7-9-12-16/h7-9,11-12H,2-6,10,13-15H2,1H3. The summed E-state index contributed by atoms with van der Waals surface area (Å²) in [5, 5.41) is 0. The molecular formula is C17H26O4S. The van der Waals surface area contributed by atoms with E-state index in [1.165, 1.54) is 12.8 Å². The molecule has 124 valence electrons. The molecule has 0 aromatic heterocycles. The van der Waals surface area contributed by atoms with Gasteiger partial charge in [-0.15, -0.1) is 0 Å². The number of sulfone groups is 1. The Labute approximate surface area is 133 Å². The maximum absolute atomic E-state index is 11.8. The van der Waals surface area contributed by atoms with E-state index in [2.05, 4.69) is 6.92 Å². The minimum Gasteiger partial charge on any atom is -0.460 e. The molecule has 4 nitrogen and oxygen atoms in total. The van der Waals surface area contributed by atoms with E-state index in [0.29, 0.717) is 6.42 Å². The van der Waals surface area contributed by atoms with E-state index >= 15 is 0 Å². The van der Waals surface area contributed by atoms with Crippen LogP contribution in [0.3, 0.4) is 0 Å². The minimum absolute atomic E-state index is 0.0690. The van der Waals surface area contributed by atoms with Crippen molar-refractivity contribution in [2.24, 2.45) is 0 Å². The number of unbranched alkanes of at least 4 members (excludes halogenated alkanes) is 5. The second kappa shape index (κ2) is 10.4. The zero-order valence-corrected chi connectivity index (χ0v) is 14.1. The van der Waals surface area contributed by atoms with Gasteiger partial charge in [-0.2, -0.15) is 0 Å². The monoisotopic (exact) mass is 326 g/mol. The Morgan fingerprint density at radius 2 is 1.64 bits per heavy atom. The van der Waals surface area contributed by atoms with Crippen molar-refractivity contribution in [3.63, 3.8) is 0 Å². The van der Waals surface area contributed by atoms with Crippen molar-refractivity contribution < 1.29 is 17.9 Å². The van der Waals surface area contributed by atoms with Gasteiger partial charge in [0.2, 0.25) is 0 Å². The van der Waals surface area contributed by atoms with E-state index < -0.39 is 21.6 Å². The van der Waals surface area contributed by atoms with Crippen LogP contribution in [0.2, 0.25) is 0 Å². The molecule has 0 atom stereocenters. The summed E-state index contributed by atoms with van der Waals surface area (Å²) >= 11 is 0. The molecule has 0 fully saturated rings. The van der Waals surface area contributed by atoms with Crippen LogP contribution in [-0.2, 0) is 26.0 Å². The number of hydrogen-bond donors (Lipinski definition) is 0. The second-order valence-corrected chi connectivity index (χ2v) is 7.69. The molecule has 0 bridgehead atoms. The van der Waals surface area contributed by atoms with Gasteiger partial charge in [0.15, 0.2) is 9.84 Å². The molecule has 0 spiro atoms. The lowest BCUT2D eigenvalue weighted by Gasteiger charge is -2.06. The first kappa shape index (κ1) is 18.7. The quantitative estimate of drug-likeness (QED) is 0.461. The molecule has 1 rings (SSSR count). The van der Waals surface area contributed by atoms with Crippen LogP contribution in [0.4, 0.5) is 0 Å². The zero-order chi connectivity index (χ0) is 16.3. The summed E-state index contributed by atoms with van der Waals surface area (Å²) in [7, 11) is -3.35. The Morgan fingerprint density at radius 3 is 2.32 bits per heavy atom. The van der Waals surface area contributed by atoms with Crippen molar-refractivity contribution in [1.29, 1.82) is 0 Å².